The van der Waals surface area contributed by atoms with Crippen molar-refractivity contribution in [2.45, 2.75) is 13.5 Å². The molecule has 1 saturated heterocycles. The van der Waals surface area contributed by atoms with Crippen molar-refractivity contribution in [2.24, 2.45) is 5.92 Å². The highest BCUT2D eigenvalue weighted by molar-refractivity contribution is 5.32. The maximum absolute atomic E-state index is 4.30. The van der Waals surface area contributed by atoms with E-state index in [0.717, 1.165) is 25.6 Å². The molecule has 1 fully saturated rings. The molecule has 88 valence electrons. The van der Waals surface area contributed by atoms with Crippen molar-refractivity contribution >= 4 is 5.95 Å². The van der Waals surface area contributed by atoms with Crippen LogP contribution in [-0.4, -0.2) is 32.8 Å². The first-order chi connectivity index (χ1) is 8.31. The van der Waals surface area contributed by atoms with E-state index in [-0.39, 0.29) is 0 Å². The molecule has 2 aromatic rings. The number of aryl methyl sites for hydroxylation is 1. The zero-order chi connectivity index (χ0) is 11.7. The second-order valence-electron chi connectivity index (χ2n) is 4.56. The standard InChI is InChI=1S/C12H15N5/c1-10-5-15-17(6-10)9-11-7-16(8-11)12-13-3-2-4-14-12/h2-6,11H,7-9H2,1H3. The van der Waals surface area contributed by atoms with Crippen LogP contribution in [0.15, 0.2) is 30.9 Å². The van der Waals surface area contributed by atoms with Gasteiger partial charge in [-0.3, -0.25) is 4.68 Å². The molecule has 0 bridgehead atoms. The minimum Gasteiger partial charge on any atom is -0.340 e. The van der Waals surface area contributed by atoms with Crippen molar-refractivity contribution in [3.8, 4) is 0 Å². The van der Waals surface area contributed by atoms with Crippen molar-refractivity contribution < 1.29 is 0 Å². The van der Waals surface area contributed by atoms with Crippen LogP contribution in [0.4, 0.5) is 5.95 Å². The first-order valence-electron chi connectivity index (χ1n) is 5.82. The van der Waals surface area contributed by atoms with Gasteiger partial charge < -0.3 is 4.90 Å². The first kappa shape index (κ1) is 10.3. The van der Waals surface area contributed by atoms with E-state index in [9.17, 15) is 0 Å². The van der Waals surface area contributed by atoms with Crippen molar-refractivity contribution in [2.75, 3.05) is 18.0 Å². The summed E-state index contributed by atoms with van der Waals surface area (Å²) in [6, 6.07) is 1.84. The van der Waals surface area contributed by atoms with E-state index >= 15 is 0 Å². The number of hydrogen-bond acceptors (Lipinski definition) is 4. The molecule has 1 aliphatic heterocycles. The molecule has 0 atom stereocenters. The molecule has 0 unspecified atom stereocenters. The lowest BCUT2D eigenvalue weighted by molar-refractivity contribution is 0.338. The summed E-state index contributed by atoms with van der Waals surface area (Å²) < 4.78 is 2.02. The quantitative estimate of drug-likeness (QED) is 0.791. The fraction of sp³-hybridized carbons (Fsp3) is 0.417. The van der Waals surface area contributed by atoms with Crippen LogP contribution in [0.25, 0.3) is 0 Å². The molecule has 1 aliphatic rings. The van der Waals surface area contributed by atoms with E-state index in [2.05, 4.69) is 33.1 Å². The van der Waals surface area contributed by atoms with Crippen LogP contribution in [0.5, 0.6) is 0 Å². The smallest absolute Gasteiger partial charge is 0.225 e. The average molecular weight is 229 g/mol. The van der Waals surface area contributed by atoms with Gasteiger partial charge in [0.2, 0.25) is 5.95 Å². The Morgan fingerprint density at radius 2 is 2.06 bits per heavy atom. The van der Waals surface area contributed by atoms with Gasteiger partial charge in [-0.05, 0) is 18.6 Å². The molecule has 5 nitrogen and oxygen atoms in total. The Bertz CT molecular complexity index is 487. The highest BCUT2D eigenvalue weighted by Gasteiger charge is 2.28. The molecular formula is C12H15N5. The number of aromatic nitrogens is 4. The Hall–Kier alpha value is -1.91. The SMILES string of the molecule is Cc1cnn(CC2CN(c3ncccn3)C2)c1. The zero-order valence-electron chi connectivity index (χ0n) is 9.82. The monoisotopic (exact) mass is 229 g/mol. The van der Waals surface area contributed by atoms with Crippen molar-refractivity contribution in [3.05, 3.63) is 36.4 Å². The topological polar surface area (TPSA) is 46.8 Å². The third-order valence-electron chi connectivity index (χ3n) is 3.00. The molecule has 0 spiro atoms. The van der Waals surface area contributed by atoms with Gasteiger partial charge in [-0.15, -0.1) is 0 Å². The highest BCUT2D eigenvalue weighted by atomic mass is 15.3. The summed E-state index contributed by atoms with van der Waals surface area (Å²) >= 11 is 0. The zero-order valence-corrected chi connectivity index (χ0v) is 9.82. The van der Waals surface area contributed by atoms with E-state index in [1.807, 2.05) is 16.9 Å². The van der Waals surface area contributed by atoms with E-state index in [4.69, 9.17) is 0 Å². The largest absolute Gasteiger partial charge is 0.340 e. The number of hydrogen-bond donors (Lipinski definition) is 0. The van der Waals surface area contributed by atoms with Gasteiger partial charge in [-0.2, -0.15) is 5.10 Å². The predicted octanol–water partition coefficient (Wildman–Crippen LogP) is 1.12. The van der Waals surface area contributed by atoms with Gasteiger partial charge in [0.05, 0.1) is 6.20 Å². The Morgan fingerprint density at radius 3 is 2.71 bits per heavy atom. The predicted molar refractivity (Wildman–Crippen MR) is 64.7 cm³/mol. The van der Waals surface area contributed by atoms with Crippen LogP contribution in [0.3, 0.4) is 0 Å². The third-order valence-corrected chi connectivity index (χ3v) is 3.00. The van der Waals surface area contributed by atoms with E-state index in [0.29, 0.717) is 5.92 Å². The van der Waals surface area contributed by atoms with E-state index in [1.54, 1.807) is 12.4 Å². The van der Waals surface area contributed by atoms with Gasteiger partial charge in [0.15, 0.2) is 0 Å². The van der Waals surface area contributed by atoms with Crippen LogP contribution in [0.2, 0.25) is 0 Å². The Balaban J connectivity index is 1.55. The van der Waals surface area contributed by atoms with Crippen LogP contribution >= 0.6 is 0 Å². The van der Waals surface area contributed by atoms with Gasteiger partial charge in [0.1, 0.15) is 0 Å². The summed E-state index contributed by atoms with van der Waals surface area (Å²) in [6.45, 7) is 5.08. The Labute approximate surface area is 100 Å². The summed E-state index contributed by atoms with van der Waals surface area (Å²) in [5, 5.41) is 4.30. The van der Waals surface area contributed by atoms with Gasteiger partial charge in [0, 0.05) is 44.1 Å². The van der Waals surface area contributed by atoms with E-state index in [1.165, 1.54) is 5.56 Å². The van der Waals surface area contributed by atoms with Crippen LogP contribution < -0.4 is 4.90 Å². The Kier molecular flexibility index (Phi) is 2.51. The number of anilines is 1. The lowest BCUT2D eigenvalue weighted by Gasteiger charge is -2.39. The molecule has 17 heavy (non-hydrogen) atoms. The molecule has 0 saturated carbocycles. The second-order valence-corrected chi connectivity index (χ2v) is 4.56. The molecule has 2 aromatic heterocycles. The van der Waals surface area contributed by atoms with Crippen molar-refractivity contribution in [1.29, 1.82) is 0 Å². The summed E-state index contributed by atoms with van der Waals surface area (Å²) in [4.78, 5) is 10.7. The number of rotatable bonds is 3. The molecule has 0 radical (unpaired) electrons. The first-order valence-corrected chi connectivity index (χ1v) is 5.82. The van der Waals surface area contributed by atoms with Gasteiger partial charge in [0.25, 0.3) is 0 Å². The maximum atomic E-state index is 4.30. The second kappa shape index (κ2) is 4.16. The molecule has 0 N–H and O–H groups in total. The lowest BCUT2D eigenvalue weighted by atomic mass is 10.0. The highest BCUT2D eigenvalue weighted by Crippen LogP contribution is 2.21. The lowest BCUT2D eigenvalue weighted by Crippen LogP contribution is -2.49. The molecule has 3 rings (SSSR count). The minimum atomic E-state index is 0.651. The normalized spacial score (nSPS) is 15.9. The van der Waals surface area contributed by atoms with E-state index < -0.39 is 0 Å². The van der Waals surface area contributed by atoms with Crippen LogP contribution in [0, 0.1) is 12.8 Å². The molecule has 5 heteroatoms. The molecule has 0 aromatic carbocycles. The molecule has 0 aliphatic carbocycles. The third kappa shape index (κ3) is 2.13. The van der Waals surface area contributed by atoms with Gasteiger partial charge in [-0.1, -0.05) is 0 Å². The summed E-state index contributed by atoms with van der Waals surface area (Å²) in [6.07, 6.45) is 7.55. The average Bonchev–Trinajstić information content (AvgIpc) is 2.70. The fourth-order valence-corrected chi connectivity index (χ4v) is 2.13. The molecule has 0 amide bonds. The minimum absolute atomic E-state index is 0.651. The van der Waals surface area contributed by atoms with Crippen LogP contribution in [0.1, 0.15) is 5.56 Å². The summed E-state index contributed by atoms with van der Waals surface area (Å²) in [5.74, 6) is 1.48. The maximum Gasteiger partial charge on any atom is 0.225 e. The number of nitrogens with zero attached hydrogens (tertiary/aromatic N) is 5. The van der Waals surface area contributed by atoms with Crippen molar-refractivity contribution in [3.63, 3.8) is 0 Å². The Morgan fingerprint density at radius 1 is 1.29 bits per heavy atom. The van der Waals surface area contributed by atoms with Crippen molar-refractivity contribution in [1.82, 2.24) is 19.7 Å². The van der Waals surface area contributed by atoms with Gasteiger partial charge in [-0.25, -0.2) is 9.97 Å². The van der Waals surface area contributed by atoms with Gasteiger partial charge >= 0.3 is 0 Å². The summed E-state index contributed by atoms with van der Waals surface area (Å²) in [7, 11) is 0. The fourth-order valence-electron chi connectivity index (χ4n) is 2.13. The molecular weight excluding hydrogens is 214 g/mol. The molecule has 3 heterocycles. The summed E-state index contributed by atoms with van der Waals surface area (Å²) in [5.41, 5.74) is 1.22. The van der Waals surface area contributed by atoms with Crippen LogP contribution in [-0.2, 0) is 6.54 Å².